The molecule has 3 rings (SSSR count). The molecule has 1 N–H and O–H groups in total. The van der Waals surface area contributed by atoms with E-state index in [2.05, 4.69) is 35.3 Å². The normalized spacial score (nSPS) is 25.3. The fraction of sp³-hybridized carbons (Fsp3) is 0.667. The zero-order chi connectivity index (χ0) is 14.7. The van der Waals surface area contributed by atoms with E-state index in [-0.39, 0.29) is 0 Å². The zero-order valence-corrected chi connectivity index (χ0v) is 13.4. The van der Waals surface area contributed by atoms with Crippen LogP contribution in [0.2, 0.25) is 0 Å². The quantitative estimate of drug-likeness (QED) is 0.922. The highest BCUT2D eigenvalue weighted by Crippen LogP contribution is 2.33. The van der Waals surface area contributed by atoms with Gasteiger partial charge in [0.05, 0.1) is 7.11 Å². The summed E-state index contributed by atoms with van der Waals surface area (Å²) in [6.07, 6.45) is 6.56. The summed E-state index contributed by atoms with van der Waals surface area (Å²) in [6.45, 7) is 5.82. The molecule has 0 bridgehead atoms. The Balaban J connectivity index is 1.63. The van der Waals surface area contributed by atoms with Gasteiger partial charge in [-0.2, -0.15) is 0 Å². The molecule has 116 valence electrons. The summed E-state index contributed by atoms with van der Waals surface area (Å²) in [4.78, 5) is 2.67. The van der Waals surface area contributed by atoms with Crippen LogP contribution >= 0.6 is 0 Å². The number of para-hydroxylation sites is 1. The summed E-state index contributed by atoms with van der Waals surface area (Å²) in [5.41, 5.74) is 1.74. The van der Waals surface area contributed by atoms with Gasteiger partial charge in [-0.15, -0.1) is 0 Å². The maximum Gasteiger partial charge on any atom is 0.122 e. The second-order valence-corrected chi connectivity index (χ2v) is 6.75. The van der Waals surface area contributed by atoms with Crippen LogP contribution in [0.5, 0.6) is 5.75 Å². The molecule has 2 fully saturated rings. The van der Waals surface area contributed by atoms with Crippen LogP contribution in [0, 0.1) is 0 Å². The Labute approximate surface area is 128 Å². The smallest absolute Gasteiger partial charge is 0.122 e. The van der Waals surface area contributed by atoms with Crippen LogP contribution in [0.25, 0.3) is 0 Å². The van der Waals surface area contributed by atoms with Crippen molar-refractivity contribution in [2.45, 2.75) is 50.6 Å². The topological polar surface area (TPSA) is 24.5 Å². The van der Waals surface area contributed by atoms with Crippen LogP contribution in [-0.2, 0) is 6.42 Å². The van der Waals surface area contributed by atoms with Crippen molar-refractivity contribution in [3.63, 3.8) is 0 Å². The number of nitrogens with zero attached hydrogens (tertiary/aromatic N) is 1. The van der Waals surface area contributed by atoms with E-state index in [9.17, 15) is 0 Å². The van der Waals surface area contributed by atoms with Crippen LogP contribution in [0.3, 0.4) is 0 Å². The largest absolute Gasteiger partial charge is 0.496 e. The van der Waals surface area contributed by atoms with Crippen molar-refractivity contribution >= 4 is 0 Å². The average molecular weight is 288 g/mol. The maximum atomic E-state index is 5.47. The van der Waals surface area contributed by atoms with Gasteiger partial charge >= 0.3 is 0 Å². The predicted octanol–water partition coefficient (Wildman–Crippen LogP) is 2.84. The van der Waals surface area contributed by atoms with Crippen LogP contribution in [-0.4, -0.2) is 43.2 Å². The van der Waals surface area contributed by atoms with E-state index < -0.39 is 0 Å². The number of hydrogen-bond acceptors (Lipinski definition) is 3. The highest BCUT2D eigenvalue weighted by atomic mass is 16.5. The van der Waals surface area contributed by atoms with Crippen LogP contribution in [0.1, 0.15) is 38.2 Å². The summed E-state index contributed by atoms with van der Waals surface area (Å²) < 4.78 is 5.47. The van der Waals surface area contributed by atoms with Crippen molar-refractivity contribution < 1.29 is 4.74 Å². The molecule has 1 aromatic rings. The average Bonchev–Trinajstić information content (AvgIpc) is 2.97. The molecule has 1 unspecified atom stereocenters. The molecule has 0 radical (unpaired) electrons. The van der Waals surface area contributed by atoms with E-state index in [1.54, 1.807) is 7.11 Å². The minimum absolute atomic E-state index is 0.410. The number of rotatable bonds is 4. The van der Waals surface area contributed by atoms with E-state index in [4.69, 9.17) is 4.74 Å². The molecule has 1 spiro atoms. The first-order valence-corrected chi connectivity index (χ1v) is 8.33. The molecule has 3 heteroatoms. The van der Waals surface area contributed by atoms with Crippen LogP contribution in [0.4, 0.5) is 0 Å². The molecule has 21 heavy (non-hydrogen) atoms. The SMILES string of the molecule is COc1ccccc1CCN1CC2(CCCC2)NCC1C. The van der Waals surface area contributed by atoms with Gasteiger partial charge in [0, 0.05) is 31.2 Å². The Morgan fingerprint density at radius 2 is 2.05 bits per heavy atom. The van der Waals surface area contributed by atoms with Crippen molar-refractivity contribution in [2.24, 2.45) is 0 Å². The fourth-order valence-corrected chi connectivity index (χ4v) is 3.95. The maximum absolute atomic E-state index is 5.47. The Morgan fingerprint density at radius 3 is 2.81 bits per heavy atom. The standard InChI is InChI=1S/C18H28N2O/c1-15-13-19-18(10-5-6-11-18)14-20(15)12-9-16-7-3-4-8-17(16)21-2/h3-4,7-8,15,19H,5-6,9-14H2,1-2H3. The second kappa shape index (κ2) is 6.37. The van der Waals surface area contributed by atoms with Crippen LogP contribution in [0.15, 0.2) is 24.3 Å². The minimum Gasteiger partial charge on any atom is -0.496 e. The van der Waals surface area contributed by atoms with Crippen LogP contribution < -0.4 is 10.1 Å². The highest BCUT2D eigenvalue weighted by Gasteiger charge is 2.39. The lowest BCUT2D eigenvalue weighted by molar-refractivity contribution is 0.0902. The van der Waals surface area contributed by atoms with Gasteiger partial charge in [0.2, 0.25) is 0 Å². The summed E-state index contributed by atoms with van der Waals surface area (Å²) in [5.74, 6) is 1.02. The molecule has 3 nitrogen and oxygen atoms in total. The lowest BCUT2D eigenvalue weighted by atomic mass is 9.92. The molecule has 1 aliphatic heterocycles. The third-order valence-corrected chi connectivity index (χ3v) is 5.32. The molecule has 1 aromatic carbocycles. The van der Waals surface area contributed by atoms with Gasteiger partial charge in [-0.05, 0) is 37.8 Å². The Morgan fingerprint density at radius 1 is 1.29 bits per heavy atom. The number of piperazine rings is 1. The van der Waals surface area contributed by atoms with E-state index >= 15 is 0 Å². The van der Waals surface area contributed by atoms with E-state index in [1.165, 1.54) is 37.8 Å². The molecular weight excluding hydrogens is 260 g/mol. The molecule has 1 saturated heterocycles. The fourth-order valence-electron chi connectivity index (χ4n) is 3.95. The number of benzene rings is 1. The predicted molar refractivity (Wildman–Crippen MR) is 86.9 cm³/mol. The lowest BCUT2D eigenvalue weighted by Crippen LogP contribution is -2.62. The van der Waals surface area contributed by atoms with Crippen molar-refractivity contribution in [3.05, 3.63) is 29.8 Å². The van der Waals surface area contributed by atoms with Crippen molar-refractivity contribution in [1.82, 2.24) is 10.2 Å². The van der Waals surface area contributed by atoms with E-state index in [0.29, 0.717) is 11.6 Å². The van der Waals surface area contributed by atoms with Gasteiger partial charge in [-0.25, -0.2) is 0 Å². The summed E-state index contributed by atoms with van der Waals surface area (Å²) in [5, 5.41) is 3.83. The minimum atomic E-state index is 0.410. The zero-order valence-electron chi connectivity index (χ0n) is 13.4. The van der Waals surface area contributed by atoms with Gasteiger partial charge in [0.25, 0.3) is 0 Å². The molecule has 0 aromatic heterocycles. The van der Waals surface area contributed by atoms with E-state index in [1.807, 2.05) is 6.07 Å². The molecule has 1 heterocycles. The third-order valence-electron chi connectivity index (χ3n) is 5.32. The molecule has 2 aliphatic rings. The number of nitrogens with one attached hydrogen (secondary N) is 1. The van der Waals surface area contributed by atoms with Crippen molar-refractivity contribution in [1.29, 1.82) is 0 Å². The van der Waals surface area contributed by atoms with Crippen molar-refractivity contribution in [3.8, 4) is 5.75 Å². The monoisotopic (exact) mass is 288 g/mol. The summed E-state index contributed by atoms with van der Waals surface area (Å²) in [7, 11) is 1.76. The Bertz CT molecular complexity index is 468. The van der Waals surface area contributed by atoms with Gasteiger partial charge < -0.3 is 10.1 Å². The lowest BCUT2D eigenvalue weighted by Gasteiger charge is -2.45. The molecule has 1 aliphatic carbocycles. The molecule has 1 saturated carbocycles. The third kappa shape index (κ3) is 3.24. The summed E-state index contributed by atoms with van der Waals surface area (Å²) >= 11 is 0. The van der Waals surface area contributed by atoms with Crippen molar-refractivity contribution in [2.75, 3.05) is 26.7 Å². The van der Waals surface area contributed by atoms with Gasteiger partial charge in [-0.3, -0.25) is 4.90 Å². The molecule has 1 atom stereocenters. The number of hydrogen-bond donors (Lipinski definition) is 1. The van der Waals surface area contributed by atoms with E-state index in [0.717, 1.165) is 25.3 Å². The number of methoxy groups -OCH3 is 1. The van der Waals surface area contributed by atoms with Gasteiger partial charge in [0.1, 0.15) is 5.75 Å². The number of ether oxygens (including phenoxy) is 1. The Kier molecular flexibility index (Phi) is 4.51. The second-order valence-electron chi connectivity index (χ2n) is 6.75. The van der Waals surface area contributed by atoms with Gasteiger partial charge in [0.15, 0.2) is 0 Å². The summed E-state index contributed by atoms with van der Waals surface area (Å²) in [6, 6.07) is 9.04. The first kappa shape index (κ1) is 14.9. The first-order chi connectivity index (χ1) is 10.2. The molecule has 0 amide bonds. The first-order valence-electron chi connectivity index (χ1n) is 8.33. The highest BCUT2D eigenvalue weighted by molar-refractivity contribution is 5.33. The Hall–Kier alpha value is -1.06. The molecular formula is C18H28N2O. The van der Waals surface area contributed by atoms with Gasteiger partial charge in [-0.1, -0.05) is 31.0 Å².